The van der Waals surface area contributed by atoms with Crippen LogP contribution in [0.2, 0.25) is 0 Å². The van der Waals surface area contributed by atoms with Gasteiger partial charge in [-0.25, -0.2) is 4.79 Å². The van der Waals surface area contributed by atoms with Gasteiger partial charge in [-0.05, 0) is 18.2 Å². The first-order valence-corrected chi connectivity index (χ1v) is 5.08. The molecule has 0 aliphatic carbocycles. The summed E-state index contributed by atoms with van der Waals surface area (Å²) >= 11 is 0. The average Bonchev–Trinajstić information content (AvgIpc) is 2.30. The van der Waals surface area contributed by atoms with E-state index in [-0.39, 0.29) is 22.6 Å². The lowest BCUT2D eigenvalue weighted by atomic mass is 10.1. The van der Waals surface area contributed by atoms with Gasteiger partial charge < -0.3 is 20.6 Å². The normalized spacial score (nSPS) is 9.68. The molecule has 0 radical (unpaired) electrons. The van der Waals surface area contributed by atoms with Crippen LogP contribution in [0.1, 0.15) is 16.8 Å². The van der Waals surface area contributed by atoms with E-state index in [0.717, 1.165) is 6.07 Å². The number of phenols is 1. The zero-order chi connectivity index (χ0) is 14.6. The number of carboxylic acids is 2. The molecule has 7 nitrogen and oxygen atoms in total. The highest BCUT2D eigenvalue weighted by atomic mass is 16.4. The first-order valence-electron chi connectivity index (χ1n) is 5.08. The van der Waals surface area contributed by atoms with E-state index in [0.29, 0.717) is 0 Å². The average molecular weight is 265 g/mol. The minimum atomic E-state index is -1.34. The van der Waals surface area contributed by atoms with Crippen LogP contribution in [0.5, 0.6) is 5.75 Å². The fraction of sp³-hybridized carbons (Fsp3) is 0.0833. The molecule has 1 aromatic carbocycles. The molecule has 0 saturated carbocycles. The van der Waals surface area contributed by atoms with Crippen LogP contribution in [-0.4, -0.2) is 33.2 Å². The van der Waals surface area contributed by atoms with Crippen LogP contribution in [0.15, 0.2) is 30.4 Å². The molecule has 0 atom stereocenters. The number of amides is 1. The number of hydrogen-bond donors (Lipinski definition) is 4. The number of carbonyl (C=O) groups excluding carboxylic acids is 1. The molecular formula is C12H11NO6. The zero-order valence-corrected chi connectivity index (χ0v) is 9.71. The van der Waals surface area contributed by atoms with Gasteiger partial charge in [0.25, 0.3) is 5.91 Å². The van der Waals surface area contributed by atoms with E-state index in [9.17, 15) is 19.5 Å². The number of carbonyl (C=O) groups is 3. The molecule has 0 unspecified atom stereocenters. The van der Waals surface area contributed by atoms with Gasteiger partial charge in [-0.3, -0.25) is 9.59 Å². The van der Waals surface area contributed by atoms with Crippen molar-refractivity contribution in [2.75, 3.05) is 5.32 Å². The maximum atomic E-state index is 11.6. The summed E-state index contributed by atoms with van der Waals surface area (Å²) in [4.78, 5) is 32.9. The maximum absolute atomic E-state index is 11.6. The van der Waals surface area contributed by atoms with Gasteiger partial charge in [0, 0.05) is 5.57 Å². The molecule has 0 fully saturated rings. The molecular weight excluding hydrogens is 254 g/mol. The van der Waals surface area contributed by atoms with Gasteiger partial charge in [-0.1, -0.05) is 6.58 Å². The van der Waals surface area contributed by atoms with Crippen molar-refractivity contribution in [3.8, 4) is 5.75 Å². The van der Waals surface area contributed by atoms with Crippen molar-refractivity contribution in [2.24, 2.45) is 0 Å². The van der Waals surface area contributed by atoms with E-state index in [1.807, 2.05) is 0 Å². The molecule has 0 aliphatic heterocycles. The molecule has 100 valence electrons. The van der Waals surface area contributed by atoms with Crippen LogP contribution >= 0.6 is 0 Å². The summed E-state index contributed by atoms with van der Waals surface area (Å²) < 4.78 is 0. The lowest BCUT2D eigenvalue weighted by Gasteiger charge is -2.09. The summed E-state index contributed by atoms with van der Waals surface area (Å²) in [5.41, 5.74) is -0.574. The van der Waals surface area contributed by atoms with Crippen molar-refractivity contribution in [3.63, 3.8) is 0 Å². The largest absolute Gasteiger partial charge is 0.508 e. The Balaban J connectivity index is 2.94. The van der Waals surface area contributed by atoms with Gasteiger partial charge in [0.15, 0.2) is 0 Å². The molecule has 0 aromatic heterocycles. The number of aromatic carboxylic acids is 1. The molecule has 0 saturated heterocycles. The van der Waals surface area contributed by atoms with Gasteiger partial charge in [0.2, 0.25) is 0 Å². The van der Waals surface area contributed by atoms with Crippen LogP contribution in [0, 0.1) is 0 Å². The van der Waals surface area contributed by atoms with E-state index in [1.54, 1.807) is 0 Å². The zero-order valence-electron chi connectivity index (χ0n) is 9.71. The topological polar surface area (TPSA) is 124 Å². The minimum absolute atomic E-state index is 0.0539. The highest BCUT2D eigenvalue weighted by Crippen LogP contribution is 2.22. The third kappa shape index (κ3) is 3.84. The lowest BCUT2D eigenvalue weighted by molar-refractivity contribution is -0.136. The molecule has 0 heterocycles. The quantitative estimate of drug-likeness (QED) is 0.466. The summed E-state index contributed by atoms with van der Waals surface area (Å²) in [7, 11) is 0. The summed E-state index contributed by atoms with van der Waals surface area (Å²) in [5, 5.41) is 28.8. The predicted octanol–water partition coefficient (Wildman–Crippen LogP) is 1.06. The van der Waals surface area contributed by atoms with E-state index < -0.39 is 24.3 Å². The van der Waals surface area contributed by atoms with Crippen LogP contribution < -0.4 is 5.32 Å². The van der Waals surface area contributed by atoms with Crippen molar-refractivity contribution in [1.82, 2.24) is 0 Å². The van der Waals surface area contributed by atoms with E-state index >= 15 is 0 Å². The second kappa shape index (κ2) is 5.67. The molecule has 1 aromatic rings. The third-order valence-corrected chi connectivity index (χ3v) is 2.17. The monoisotopic (exact) mass is 265 g/mol. The summed E-state index contributed by atoms with van der Waals surface area (Å²) in [6.07, 6.45) is -0.549. The Hall–Kier alpha value is -2.83. The van der Waals surface area contributed by atoms with E-state index in [4.69, 9.17) is 10.2 Å². The van der Waals surface area contributed by atoms with Crippen molar-refractivity contribution in [3.05, 3.63) is 35.9 Å². The number of nitrogens with one attached hydrogen (secondary N) is 1. The Labute approximate surface area is 107 Å². The van der Waals surface area contributed by atoms with Gasteiger partial charge in [-0.2, -0.15) is 0 Å². The molecule has 0 aliphatic rings. The SMILES string of the molecule is C=C(CC(=O)O)C(=O)Nc1ccc(O)cc1C(=O)O. The predicted molar refractivity (Wildman–Crippen MR) is 65.1 cm³/mol. The highest BCUT2D eigenvalue weighted by molar-refractivity contribution is 6.08. The number of aromatic hydroxyl groups is 1. The van der Waals surface area contributed by atoms with Gasteiger partial charge in [-0.15, -0.1) is 0 Å². The number of phenolic OH excluding ortho intramolecular Hbond substituents is 1. The van der Waals surface area contributed by atoms with Crippen molar-refractivity contribution >= 4 is 23.5 Å². The Bertz CT molecular complexity index is 563. The minimum Gasteiger partial charge on any atom is -0.508 e. The number of rotatable bonds is 5. The van der Waals surface area contributed by atoms with Gasteiger partial charge >= 0.3 is 11.9 Å². The van der Waals surface area contributed by atoms with Crippen LogP contribution in [0.25, 0.3) is 0 Å². The summed E-state index contributed by atoms with van der Waals surface area (Å²) in [6.45, 7) is 3.29. The van der Waals surface area contributed by atoms with Crippen LogP contribution in [0.3, 0.4) is 0 Å². The summed E-state index contributed by atoms with van der Waals surface area (Å²) in [5.74, 6) is -3.62. The first-order chi connectivity index (χ1) is 8.81. The van der Waals surface area contributed by atoms with E-state index in [2.05, 4.69) is 11.9 Å². The van der Waals surface area contributed by atoms with Crippen molar-refractivity contribution in [1.29, 1.82) is 0 Å². The molecule has 1 rings (SSSR count). The van der Waals surface area contributed by atoms with E-state index in [1.165, 1.54) is 12.1 Å². The van der Waals surface area contributed by atoms with Gasteiger partial charge in [0.1, 0.15) is 5.75 Å². The standard InChI is InChI=1S/C12H11NO6/c1-6(4-10(15)16)11(17)13-9-3-2-7(14)5-8(9)12(18)19/h2-3,5,14H,1,4H2,(H,13,17)(H,15,16)(H,18,19). The fourth-order valence-electron chi connectivity index (χ4n) is 1.29. The Morgan fingerprint density at radius 3 is 2.37 bits per heavy atom. The third-order valence-electron chi connectivity index (χ3n) is 2.17. The second-order valence-corrected chi connectivity index (χ2v) is 3.66. The molecule has 19 heavy (non-hydrogen) atoms. The molecule has 7 heteroatoms. The molecule has 4 N–H and O–H groups in total. The number of aliphatic carboxylic acids is 1. The van der Waals surface area contributed by atoms with Crippen LogP contribution in [0.4, 0.5) is 5.69 Å². The summed E-state index contributed by atoms with van der Waals surface area (Å²) in [6, 6.07) is 3.37. The number of anilines is 1. The fourth-order valence-corrected chi connectivity index (χ4v) is 1.29. The number of hydrogen-bond acceptors (Lipinski definition) is 4. The Morgan fingerprint density at radius 2 is 1.84 bits per heavy atom. The molecule has 0 spiro atoms. The smallest absolute Gasteiger partial charge is 0.337 e. The highest BCUT2D eigenvalue weighted by Gasteiger charge is 2.16. The number of benzene rings is 1. The van der Waals surface area contributed by atoms with Gasteiger partial charge in [0.05, 0.1) is 17.7 Å². The second-order valence-electron chi connectivity index (χ2n) is 3.66. The molecule has 0 bridgehead atoms. The lowest BCUT2D eigenvalue weighted by Crippen LogP contribution is -2.17. The first kappa shape index (κ1) is 14.2. The maximum Gasteiger partial charge on any atom is 0.337 e. The Morgan fingerprint density at radius 1 is 1.21 bits per heavy atom. The van der Waals surface area contributed by atoms with Crippen LogP contribution in [-0.2, 0) is 9.59 Å². The number of carboxylic acid groups (broad SMARTS) is 2. The Kier molecular flexibility index (Phi) is 4.25. The van der Waals surface area contributed by atoms with Crippen molar-refractivity contribution in [2.45, 2.75) is 6.42 Å². The van der Waals surface area contributed by atoms with Crippen molar-refractivity contribution < 1.29 is 29.7 Å². The molecule has 1 amide bonds.